The highest BCUT2D eigenvalue weighted by atomic mass is 32.2. The Labute approximate surface area is 237 Å². The molecule has 3 rings (SSSR count). The minimum absolute atomic E-state index is 0.0944. The van der Waals surface area contributed by atoms with E-state index in [1.165, 1.54) is 0 Å². The third kappa shape index (κ3) is 9.02. The van der Waals surface area contributed by atoms with E-state index in [0.717, 1.165) is 28.7 Å². The second-order valence-electron chi connectivity index (χ2n) is 11.5. The van der Waals surface area contributed by atoms with Gasteiger partial charge in [0.2, 0.25) is 11.8 Å². The van der Waals surface area contributed by atoms with Crippen LogP contribution in [0.2, 0.25) is 0 Å². The van der Waals surface area contributed by atoms with E-state index in [9.17, 15) is 14.4 Å². The monoisotopic (exact) mass is 553 g/mol. The summed E-state index contributed by atoms with van der Waals surface area (Å²) >= 11 is 1.60. The lowest BCUT2D eigenvalue weighted by Crippen LogP contribution is -2.54. The number of amides is 3. The quantitative estimate of drug-likeness (QED) is 0.381. The summed E-state index contributed by atoms with van der Waals surface area (Å²) in [5, 5.41) is 5.89. The predicted molar refractivity (Wildman–Crippen MR) is 158 cm³/mol. The van der Waals surface area contributed by atoms with E-state index in [1.54, 1.807) is 37.4 Å². The first kappa shape index (κ1) is 30.5. The number of alkyl carbamates (subject to hydrolysis) is 1. The highest BCUT2D eigenvalue weighted by Gasteiger charge is 2.48. The summed E-state index contributed by atoms with van der Waals surface area (Å²) in [5.41, 5.74) is 3.10. The second-order valence-corrected chi connectivity index (χ2v) is 12.5. The number of hydrogen-bond acceptors (Lipinski definition) is 5. The Balaban J connectivity index is 1.99. The molecule has 0 aromatic heterocycles. The molecule has 3 amide bonds. The molecule has 8 heteroatoms. The molecule has 4 atom stereocenters. The number of ether oxygens (including phenoxy) is 1. The summed E-state index contributed by atoms with van der Waals surface area (Å²) in [6, 6.07) is 14.0. The van der Waals surface area contributed by atoms with Crippen molar-refractivity contribution in [2.24, 2.45) is 5.92 Å². The lowest BCUT2D eigenvalue weighted by molar-refractivity contribution is -0.143. The molecule has 39 heavy (non-hydrogen) atoms. The van der Waals surface area contributed by atoms with Crippen LogP contribution in [-0.4, -0.2) is 52.5 Å². The van der Waals surface area contributed by atoms with Crippen molar-refractivity contribution in [1.82, 2.24) is 15.5 Å². The molecule has 2 N–H and O–H groups in total. The first-order chi connectivity index (χ1) is 18.4. The van der Waals surface area contributed by atoms with E-state index in [0.29, 0.717) is 18.7 Å². The van der Waals surface area contributed by atoms with Crippen molar-refractivity contribution >= 4 is 29.7 Å². The number of hydrogen-bond donors (Lipinski definition) is 2. The van der Waals surface area contributed by atoms with E-state index < -0.39 is 23.8 Å². The predicted octanol–water partition coefficient (Wildman–Crippen LogP) is 5.54. The number of benzene rings is 2. The Morgan fingerprint density at radius 3 is 2.23 bits per heavy atom. The zero-order valence-corrected chi connectivity index (χ0v) is 25.1. The van der Waals surface area contributed by atoms with E-state index in [-0.39, 0.29) is 23.8 Å². The first-order valence-electron chi connectivity index (χ1n) is 13.6. The fourth-order valence-corrected chi connectivity index (χ4v) is 5.25. The van der Waals surface area contributed by atoms with Gasteiger partial charge in [-0.2, -0.15) is 11.8 Å². The standard InChI is InChI=1S/C31H43N3O4S/c1-20-15-21(2)17-24(16-20)27(28(35)32-19-23-11-9-8-10-12-23)34(26-18-22(26)3)29(36)25(13-14-39-7)33-30(37)38-31(4,5)6/h8-12,15-17,22,25-27H,13-14,18-19H2,1-7H3,(H,32,35)(H,33,37). The van der Waals surface area contributed by atoms with Gasteiger partial charge in [0.05, 0.1) is 0 Å². The molecule has 0 heterocycles. The van der Waals surface area contributed by atoms with Crippen LogP contribution in [0.5, 0.6) is 0 Å². The van der Waals surface area contributed by atoms with Gasteiger partial charge in [-0.05, 0) is 76.5 Å². The maximum absolute atomic E-state index is 14.3. The molecular formula is C31H43N3O4S. The number of carbonyl (C=O) groups excluding carboxylic acids is 3. The molecule has 1 saturated carbocycles. The van der Waals surface area contributed by atoms with Crippen molar-refractivity contribution in [2.45, 2.75) is 84.7 Å². The van der Waals surface area contributed by atoms with Crippen LogP contribution in [0.25, 0.3) is 0 Å². The second kappa shape index (κ2) is 13.4. The Morgan fingerprint density at radius 2 is 1.69 bits per heavy atom. The maximum atomic E-state index is 14.3. The fourth-order valence-electron chi connectivity index (χ4n) is 4.78. The minimum Gasteiger partial charge on any atom is -0.444 e. The van der Waals surface area contributed by atoms with E-state index in [1.807, 2.05) is 62.6 Å². The van der Waals surface area contributed by atoms with Gasteiger partial charge in [0, 0.05) is 12.6 Å². The van der Waals surface area contributed by atoms with E-state index in [4.69, 9.17) is 4.74 Å². The summed E-state index contributed by atoms with van der Waals surface area (Å²) in [4.78, 5) is 42.7. The summed E-state index contributed by atoms with van der Waals surface area (Å²) in [6.45, 7) is 11.8. The zero-order valence-electron chi connectivity index (χ0n) is 24.2. The lowest BCUT2D eigenvalue weighted by atomic mass is 9.97. The Hall–Kier alpha value is -3.00. The molecule has 0 spiro atoms. The van der Waals surface area contributed by atoms with Crippen molar-refractivity contribution in [2.75, 3.05) is 12.0 Å². The normalized spacial score (nSPS) is 18.0. The molecule has 0 bridgehead atoms. The zero-order chi connectivity index (χ0) is 28.7. The summed E-state index contributed by atoms with van der Waals surface area (Å²) in [7, 11) is 0. The molecule has 0 aliphatic heterocycles. The van der Waals surface area contributed by atoms with Gasteiger partial charge < -0.3 is 20.3 Å². The number of carbonyl (C=O) groups is 3. The molecular weight excluding hydrogens is 510 g/mol. The molecule has 0 saturated heterocycles. The largest absolute Gasteiger partial charge is 0.444 e. The van der Waals surface area contributed by atoms with Crippen molar-refractivity contribution in [1.29, 1.82) is 0 Å². The topological polar surface area (TPSA) is 87.7 Å². The SMILES string of the molecule is CSCCC(NC(=O)OC(C)(C)C)C(=O)N(C(C(=O)NCc1ccccc1)c1cc(C)cc(C)c1)C1CC1C. The average Bonchev–Trinajstić information content (AvgIpc) is 3.57. The van der Waals surface area contributed by atoms with E-state index >= 15 is 0 Å². The first-order valence-corrected chi connectivity index (χ1v) is 15.0. The summed E-state index contributed by atoms with van der Waals surface area (Å²) in [5.74, 6) is 0.432. The van der Waals surface area contributed by atoms with Crippen molar-refractivity contribution in [3.05, 3.63) is 70.8 Å². The number of thioether (sulfide) groups is 1. The van der Waals surface area contributed by atoms with Gasteiger partial charge in [0.1, 0.15) is 17.7 Å². The van der Waals surface area contributed by atoms with Gasteiger partial charge in [-0.25, -0.2) is 4.79 Å². The van der Waals surface area contributed by atoms with Gasteiger partial charge in [0.15, 0.2) is 0 Å². The Bertz CT molecular complexity index is 1130. The Morgan fingerprint density at radius 1 is 1.08 bits per heavy atom. The highest BCUT2D eigenvalue weighted by molar-refractivity contribution is 7.98. The van der Waals surface area contributed by atoms with Crippen molar-refractivity contribution in [3.63, 3.8) is 0 Å². The van der Waals surface area contributed by atoms with Crippen LogP contribution in [0, 0.1) is 19.8 Å². The van der Waals surface area contributed by atoms with Crippen LogP contribution in [0.1, 0.15) is 68.8 Å². The molecule has 1 aliphatic carbocycles. The summed E-state index contributed by atoms with van der Waals surface area (Å²) < 4.78 is 5.48. The third-order valence-electron chi connectivity index (χ3n) is 6.67. The van der Waals surface area contributed by atoms with Crippen LogP contribution in [-0.2, 0) is 20.9 Å². The van der Waals surface area contributed by atoms with Crippen molar-refractivity contribution in [3.8, 4) is 0 Å². The number of nitrogens with one attached hydrogen (secondary N) is 2. The Kier molecular flexibility index (Phi) is 10.5. The molecule has 0 radical (unpaired) electrons. The van der Waals surface area contributed by atoms with Crippen LogP contribution in [0.4, 0.5) is 4.79 Å². The molecule has 2 aromatic carbocycles. The molecule has 1 aliphatic rings. The average molecular weight is 554 g/mol. The number of aryl methyl sites for hydroxylation is 2. The van der Waals surface area contributed by atoms with Gasteiger partial charge in [-0.1, -0.05) is 66.6 Å². The smallest absolute Gasteiger partial charge is 0.408 e. The van der Waals surface area contributed by atoms with Crippen LogP contribution in [0.15, 0.2) is 48.5 Å². The maximum Gasteiger partial charge on any atom is 0.408 e. The number of nitrogens with zero attached hydrogens (tertiary/aromatic N) is 1. The molecule has 1 fully saturated rings. The lowest BCUT2D eigenvalue weighted by Gasteiger charge is -2.35. The summed E-state index contributed by atoms with van der Waals surface area (Å²) in [6.07, 6.45) is 2.57. The fraction of sp³-hybridized carbons (Fsp3) is 0.516. The third-order valence-corrected chi connectivity index (χ3v) is 7.32. The van der Waals surface area contributed by atoms with Crippen LogP contribution < -0.4 is 10.6 Å². The van der Waals surface area contributed by atoms with E-state index in [2.05, 4.69) is 23.6 Å². The molecule has 2 aromatic rings. The molecule has 212 valence electrons. The van der Waals surface area contributed by atoms with Gasteiger partial charge in [-0.15, -0.1) is 0 Å². The molecule has 4 unspecified atom stereocenters. The van der Waals surface area contributed by atoms with Gasteiger partial charge in [0.25, 0.3) is 0 Å². The number of rotatable bonds is 11. The molecule has 7 nitrogen and oxygen atoms in total. The van der Waals surface area contributed by atoms with Gasteiger partial charge >= 0.3 is 6.09 Å². The van der Waals surface area contributed by atoms with Gasteiger partial charge in [-0.3, -0.25) is 9.59 Å². The van der Waals surface area contributed by atoms with Crippen LogP contribution >= 0.6 is 11.8 Å². The van der Waals surface area contributed by atoms with Crippen molar-refractivity contribution < 1.29 is 19.1 Å². The minimum atomic E-state index is -0.827. The van der Waals surface area contributed by atoms with Crippen LogP contribution in [0.3, 0.4) is 0 Å². The highest BCUT2D eigenvalue weighted by Crippen LogP contribution is 2.41.